The Hall–Kier alpha value is -3.32. The van der Waals surface area contributed by atoms with Gasteiger partial charge in [-0.15, -0.1) is 0 Å². The van der Waals surface area contributed by atoms with Crippen LogP contribution in [0.1, 0.15) is 24.5 Å². The van der Waals surface area contributed by atoms with Gasteiger partial charge in [0.1, 0.15) is 0 Å². The predicted molar refractivity (Wildman–Crippen MR) is 119 cm³/mol. The molecule has 1 heterocycles. The molecule has 2 aromatic carbocycles. The number of carboxylic acid groups (broad SMARTS) is 1. The van der Waals surface area contributed by atoms with Gasteiger partial charge in [0, 0.05) is 17.5 Å². The van der Waals surface area contributed by atoms with Gasteiger partial charge in [0.2, 0.25) is 5.91 Å². The Morgan fingerprint density at radius 3 is 2.57 bits per heavy atom. The zero-order chi connectivity index (χ0) is 21.5. The molecule has 7 heteroatoms. The van der Waals surface area contributed by atoms with Gasteiger partial charge >= 0.3 is 5.97 Å². The van der Waals surface area contributed by atoms with Crippen LogP contribution >= 0.6 is 11.8 Å². The van der Waals surface area contributed by atoms with Gasteiger partial charge in [-0.1, -0.05) is 55.1 Å². The minimum atomic E-state index is -0.872. The normalized spacial score (nSPS) is 15.5. The van der Waals surface area contributed by atoms with Gasteiger partial charge in [0.15, 0.2) is 0 Å². The van der Waals surface area contributed by atoms with E-state index in [1.165, 1.54) is 17.8 Å². The Morgan fingerprint density at radius 1 is 1.13 bits per heavy atom. The lowest BCUT2D eigenvalue weighted by Crippen LogP contribution is -2.25. The first-order valence-electron chi connectivity index (χ1n) is 9.51. The quantitative estimate of drug-likeness (QED) is 0.586. The summed E-state index contributed by atoms with van der Waals surface area (Å²) in [6.07, 6.45) is 5.32. The van der Waals surface area contributed by atoms with Crippen LogP contribution in [-0.2, 0) is 14.4 Å². The summed E-state index contributed by atoms with van der Waals surface area (Å²) in [6.45, 7) is 1.92. The summed E-state index contributed by atoms with van der Waals surface area (Å²) in [5.41, 5.74) is 2.55. The standard InChI is InChI=1S/C23H22N2O4S/c1-15(23(28)29)12-13-24-21(26)11-10-16-6-8-17(9-7-16)14-20-22(27)25-18-4-2-3-5-19(18)30-20/h2-11,14-15H,12-13H2,1H3,(H,24,26)(H,25,27)(H,28,29)/b11-10+,20-14?. The third kappa shape index (κ3) is 5.84. The summed E-state index contributed by atoms with van der Waals surface area (Å²) < 4.78 is 0. The number of para-hydroxylation sites is 1. The zero-order valence-electron chi connectivity index (χ0n) is 16.4. The Labute approximate surface area is 179 Å². The van der Waals surface area contributed by atoms with Gasteiger partial charge in [-0.3, -0.25) is 14.4 Å². The molecular formula is C23H22N2O4S. The minimum absolute atomic E-state index is 0.128. The Bertz CT molecular complexity index is 1010. The molecule has 0 radical (unpaired) electrons. The fourth-order valence-corrected chi connectivity index (χ4v) is 3.67. The average Bonchev–Trinajstić information content (AvgIpc) is 2.73. The summed E-state index contributed by atoms with van der Waals surface area (Å²) >= 11 is 1.43. The molecule has 3 rings (SSSR count). The lowest BCUT2D eigenvalue weighted by atomic mass is 10.1. The van der Waals surface area contributed by atoms with E-state index >= 15 is 0 Å². The molecule has 1 aliphatic rings. The van der Waals surface area contributed by atoms with Crippen LogP contribution in [0, 0.1) is 5.92 Å². The molecule has 0 bridgehead atoms. The van der Waals surface area contributed by atoms with Crippen molar-refractivity contribution < 1.29 is 19.5 Å². The van der Waals surface area contributed by atoms with Crippen molar-refractivity contribution in [3.63, 3.8) is 0 Å². The van der Waals surface area contributed by atoms with Gasteiger partial charge < -0.3 is 15.7 Å². The van der Waals surface area contributed by atoms with Crippen molar-refractivity contribution in [1.82, 2.24) is 5.32 Å². The second-order valence-corrected chi connectivity index (χ2v) is 7.96. The summed E-state index contributed by atoms with van der Waals surface area (Å²) in [6, 6.07) is 15.2. The summed E-state index contributed by atoms with van der Waals surface area (Å²) in [5.74, 6) is -1.76. The second-order valence-electron chi connectivity index (χ2n) is 6.88. The van der Waals surface area contributed by atoms with Crippen LogP contribution in [-0.4, -0.2) is 29.4 Å². The molecule has 154 valence electrons. The van der Waals surface area contributed by atoms with E-state index in [9.17, 15) is 14.4 Å². The van der Waals surface area contributed by atoms with E-state index in [1.807, 2.05) is 54.6 Å². The van der Waals surface area contributed by atoms with Crippen molar-refractivity contribution in [2.75, 3.05) is 11.9 Å². The van der Waals surface area contributed by atoms with Gasteiger partial charge in [0.25, 0.3) is 5.91 Å². The molecule has 1 atom stereocenters. The van der Waals surface area contributed by atoms with Crippen LogP contribution in [0.2, 0.25) is 0 Å². The van der Waals surface area contributed by atoms with Crippen molar-refractivity contribution in [2.45, 2.75) is 18.2 Å². The second kappa shape index (κ2) is 9.93. The highest BCUT2D eigenvalue weighted by molar-refractivity contribution is 8.04. The molecule has 2 aromatic rings. The van der Waals surface area contributed by atoms with E-state index in [1.54, 1.807) is 13.0 Å². The number of nitrogens with one attached hydrogen (secondary N) is 2. The van der Waals surface area contributed by atoms with E-state index in [4.69, 9.17) is 5.11 Å². The molecular weight excluding hydrogens is 400 g/mol. The molecule has 6 nitrogen and oxygen atoms in total. The summed E-state index contributed by atoms with van der Waals surface area (Å²) in [5, 5.41) is 14.4. The van der Waals surface area contributed by atoms with Gasteiger partial charge in [-0.25, -0.2) is 0 Å². The number of anilines is 1. The van der Waals surface area contributed by atoms with Crippen molar-refractivity contribution in [2.24, 2.45) is 5.92 Å². The van der Waals surface area contributed by atoms with E-state index in [0.29, 0.717) is 17.9 Å². The molecule has 0 aliphatic carbocycles. The number of benzene rings is 2. The van der Waals surface area contributed by atoms with E-state index in [2.05, 4.69) is 10.6 Å². The van der Waals surface area contributed by atoms with Gasteiger partial charge in [-0.2, -0.15) is 0 Å². The molecule has 0 fully saturated rings. The third-order valence-electron chi connectivity index (χ3n) is 4.54. The van der Waals surface area contributed by atoms with Gasteiger partial charge in [0.05, 0.1) is 16.5 Å². The minimum Gasteiger partial charge on any atom is -0.481 e. The summed E-state index contributed by atoms with van der Waals surface area (Å²) in [4.78, 5) is 36.5. The number of thioether (sulfide) groups is 1. The first kappa shape index (κ1) is 21.4. The highest BCUT2D eigenvalue weighted by atomic mass is 32.2. The molecule has 1 aliphatic heterocycles. The summed E-state index contributed by atoms with van der Waals surface area (Å²) in [7, 11) is 0. The molecule has 1 unspecified atom stereocenters. The molecule has 0 aromatic heterocycles. The largest absolute Gasteiger partial charge is 0.481 e. The van der Waals surface area contributed by atoms with Crippen LogP contribution in [0.5, 0.6) is 0 Å². The van der Waals surface area contributed by atoms with Crippen molar-refractivity contribution in [1.29, 1.82) is 0 Å². The Balaban J connectivity index is 1.57. The first-order chi connectivity index (χ1) is 14.4. The van der Waals surface area contributed by atoms with Crippen LogP contribution < -0.4 is 10.6 Å². The lowest BCUT2D eigenvalue weighted by molar-refractivity contribution is -0.141. The first-order valence-corrected chi connectivity index (χ1v) is 10.3. The maximum Gasteiger partial charge on any atom is 0.306 e. The number of carboxylic acids is 1. The maximum atomic E-state index is 12.3. The molecule has 30 heavy (non-hydrogen) atoms. The maximum absolute atomic E-state index is 12.3. The molecule has 0 saturated carbocycles. The van der Waals surface area contributed by atoms with Crippen molar-refractivity contribution in [3.05, 3.63) is 70.6 Å². The fraction of sp³-hybridized carbons (Fsp3) is 0.174. The van der Waals surface area contributed by atoms with E-state index in [-0.39, 0.29) is 11.8 Å². The predicted octanol–water partition coefficient (Wildman–Crippen LogP) is 4.01. The number of hydrogen-bond acceptors (Lipinski definition) is 4. The third-order valence-corrected chi connectivity index (χ3v) is 5.64. The van der Waals surface area contributed by atoms with Crippen molar-refractivity contribution >= 4 is 47.4 Å². The number of amides is 2. The zero-order valence-corrected chi connectivity index (χ0v) is 17.2. The van der Waals surface area contributed by atoms with Crippen LogP contribution in [0.3, 0.4) is 0 Å². The van der Waals surface area contributed by atoms with Crippen LogP contribution in [0.25, 0.3) is 12.2 Å². The molecule has 2 amide bonds. The molecule has 0 spiro atoms. The Morgan fingerprint density at radius 2 is 1.83 bits per heavy atom. The molecule has 3 N–H and O–H groups in total. The van der Waals surface area contributed by atoms with Gasteiger partial charge in [-0.05, 0) is 41.8 Å². The molecule has 0 saturated heterocycles. The highest BCUT2D eigenvalue weighted by Crippen LogP contribution is 2.38. The number of aliphatic carboxylic acids is 1. The Kier molecular flexibility index (Phi) is 7.08. The highest BCUT2D eigenvalue weighted by Gasteiger charge is 2.20. The van der Waals surface area contributed by atoms with E-state index in [0.717, 1.165) is 21.7 Å². The monoisotopic (exact) mass is 422 g/mol. The van der Waals surface area contributed by atoms with Crippen molar-refractivity contribution in [3.8, 4) is 0 Å². The smallest absolute Gasteiger partial charge is 0.306 e. The number of fused-ring (bicyclic) bond motifs is 1. The number of hydrogen-bond donors (Lipinski definition) is 3. The number of rotatable bonds is 7. The number of carbonyl (C=O) groups excluding carboxylic acids is 2. The van der Waals surface area contributed by atoms with Crippen LogP contribution in [0.4, 0.5) is 5.69 Å². The average molecular weight is 423 g/mol. The fourth-order valence-electron chi connectivity index (χ4n) is 2.72. The van der Waals surface area contributed by atoms with Crippen LogP contribution in [0.15, 0.2) is 64.4 Å². The number of carbonyl (C=O) groups is 3. The lowest BCUT2D eigenvalue weighted by Gasteiger charge is -2.18. The van der Waals surface area contributed by atoms with E-state index < -0.39 is 11.9 Å². The topological polar surface area (TPSA) is 95.5 Å². The SMILES string of the molecule is CC(CCNC(=O)/C=C/c1ccc(C=C2Sc3ccccc3NC2=O)cc1)C(=O)O.